The minimum atomic E-state index is -0.717. The van der Waals surface area contributed by atoms with E-state index in [4.69, 9.17) is 5.73 Å². The summed E-state index contributed by atoms with van der Waals surface area (Å²) in [5.41, 5.74) is 8.03. The molecule has 0 amide bonds. The maximum atomic E-state index is 10.00. The normalized spacial score (nSPS) is 15.6. The molecular weight excluding hydrogens is 236 g/mol. The Balaban J connectivity index is 2.98. The van der Waals surface area contributed by atoms with Gasteiger partial charge in [0.15, 0.2) is 0 Å². The summed E-state index contributed by atoms with van der Waals surface area (Å²) in [6.45, 7) is 8.43. The largest absolute Gasteiger partial charge is 0.389 e. The molecule has 0 spiro atoms. The van der Waals surface area contributed by atoms with Crippen molar-refractivity contribution >= 4 is 0 Å². The molecule has 2 atom stereocenters. The number of nitrogens with zero attached hydrogens (tertiary/aromatic N) is 1. The molecule has 1 rings (SSSR count). The van der Waals surface area contributed by atoms with Gasteiger partial charge in [-0.1, -0.05) is 36.8 Å². The van der Waals surface area contributed by atoms with Crippen LogP contribution < -0.4 is 5.73 Å². The number of rotatable bonds is 6. The second-order valence-electron chi connectivity index (χ2n) is 6.16. The molecule has 0 aromatic heterocycles. The molecule has 0 aliphatic rings. The lowest BCUT2D eigenvalue weighted by Gasteiger charge is -2.36. The van der Waals surface area contributed by atoms with Gasteiger partial charge in [-0.25, -0.2) is 0 Å². The fraction of sp³-hybridized carbons (Fsp3) is 0.625. The Morgan fingerprint density at radius 1 is 1.26 bits per heavy atom. The summed E-state index contributed by atoms with van der Waals surface area (Å²) in [4.78, 5) is 2.15. The van der Waals surface area contributed by atoms with Crippen molar-refractivity contribution in [2.45, 2.75) is 51.8 Å². The van der Waals surface area contributed by atoms with Gasteiger partial charge in [-0.2, -0.15) is 0 Å². The van der Waals surface area contributed by atoms with Crippen molar-refractivity contribution in [1.29, 1.82) is 0 Å². The first-order valence-corrected chi connectivity index (χ1v) is 6.99. The van der Waals surface area contributed by atoms with Crippen LogP contribution in [-0.2, 0) is 0 Å². The summed E-state index contributed by atoms with van der Waals surface area (Å²) in [5, 5.41) is 10.00. The first-order valence-electron chi connectivity index (χ1n) is 6.99. The zero-order chi connectivity index (χ0) is 14.6. The lowest BCUT2D eigenvalue weighted by Crippen LogP contribution is -2.44. The summed E-state index contributed by atoms with van der Waals surface area (Å²) in [6, 6.07) is 8.70. The van der Waals surface area contributed by atoms with Gasteiger partial charge < -0.3 is 10.8 Å². The number of likely N-dealkylation sites (N-methyl/N-ethyl adjacent to an activating group) is 1. The SMILES string of the molecule is CCC(N)C(c1ccc(C)cc1)N(C)CC(C)(C)O. The van der Waals surface area contributed by atoms with Gasteiger partial charge in [-0.3, -0.25) is 4.90 Å². The monoisotopic (exact) mass is 264 g/mol. The van der Waals surface area contributed by atoms with E-state index >= 15 is 0 Å². The molecule has 2 unspecified atom stereocenters. The summed E-state index contributed by atoms with van der Waals surface area (Å²) in [7, 11) is 2.03. The van der Waals surface area contributed by atoms with E-state index in [0.717, 1.165) is 6.42 Å². The molecular formula is C16H28N2O. The maximum absolute atomic E-state index is 10.00. The fourth-order valence-electron chi connectivity index (χ4n) is 2.52. The van der Waals surface area contributed by atoms with Gasteiger partial charge in [0.1, 0.15) is 0 Å². The Hall–Kier alpha value is -0.900. The van der Waals surface area contributed by atoms with E-state index < -0.39 is 5.60 Å². The molecule has 1 aromatic rings. The fourth-order valence-corrected chi connectivity index (χ4v) is 2.52. The third-order valence-corrected chi connectivity index (χ3v) is 3.41. The molecule has 0 radical (unpaired) electrons. The smallest absolute Gasteiger partial charge is 0.0718 e. The minimum Gasteiger partial charge on any atom is -0.389 e. The van der Waals surface area contributed by atoms with E-state index in [0.29, 0.717) is 6.54 Å². The van der Waals surface area contributed by atoms with Crippen LogP contribution in [0.4, 0.5) is 0 Å². The quantitative estimate of drug-likeness (QED) is 0.830. The van der Waals surface area contributed by atoms with Crippen LogP contribution in [0.5, 0.6) is 0 Å². The van der Waals surface area contributed by atoms with E-state index in [1.807, 2.05) is 20.9 Å². The van der Waals surface area contributed by atoms with Gasteiger partial charge in [0.25, 0.3) is 0 Å². The van der Waals surface area contributed by atoms with Crippen LogP contribution in [-0.4, -0.2) is 35.2 Å². The van der Waals surface area contributed by atoms with E-state index in [1.54, 1.807) is 0 Å². The molecule has 0 aliphatic carbocycles. The van der Waals surface area contributed by atoms with Crippen molar-refractivity contribution in [2.75, 3.05) is 13.6 Å². The molecule has 0 saturated heterocycles. The molecule has 3 heteroatoms. The Morgan fingerprint density at radius 3 is 2.21 bits per heavy atom. The van der Waals surface area contributed by atoms with Gasteiger partial charge in [-0.15, -0.1) is 0 Å². The number of nitrogens with two attached hydrogens (primary N) is 1. The van der Waals surface area contributed by atoms with Gasteiger partial charge in [0, 0.05) is 18.6 Å². The third-order valence-electron chi connectivity index (χ3n) is 3.41. The highest BCUT2D eigenvalue weighted by Crippen LogP contribution is 2.25. The van der Waals surface area contributed by atoms with Crippen LogP contribution in [0.2, 0.25) is 0 Å². The second-order valence-corrected chi connectivity index (χ2v) is 6.16. The highest BCUT2D eigenvalue weighted by molar-refractivity contribution is 5.25. The Kier molecular flexibility index (Phi) is 5.53. The van der Waals surface area contributed by atoms with Crippen molar-refractivity contribution < 1.29 is 5.11 Å². The minimum absolute atomic E-state index is 0.0649. The van der Waals surface area contributed by atoms with E-state index in [9.17, 15) is 5.11 Å². The molecule has 1 aromatic carbocycles. The average Bonchev–Trinajstić information content (AvgIpc) is 2.29. The van der Waals surface area contributed by atoms with E-state index in [2.05, 4.69) is 43.0 Å². The molecule has 0 fully saturated rings. The summed E-state index contributed by atoms with van der Waals surface area (Å²) >= 11 is 0. The third kappa shape index (κ3) is 4.94. The lowest BCUT2D eigenvalue weighted by atomic mass is 9.94. The van der Waals surface area contributed by atoms with Crippen molar-refractivity contribution in [3.63, 3.8) is 0 Å². The topological polar surface area (TPSA) is 49.5 Å². The van der Waals surface area contributed by atoms with Crippen LogP contribution in [0.3, 0.4) is 0 Å². The van der Waals surface area contributed by atoms with Crippen molar-refractivity contribution in [3.05, 3.63) is 35.4 Å². The summed E-state index contributed by atoms with van der Waals surface area (Å²) in [6.07, 6.45) is 0.911. The van der Waals surface area contributed by atoms with Crippen LogP contribution in [0, 0.1) is 6.92 Å². The van der Waals surface area contributed by atoms with Crippen LogP contribution >= 0.6 is 0 Å². The van der Waals surface area contributed by atoms with Crippen LogP contribution in [0.15, 0.2) is 24.3 Å². The standard InChI is InChI=1S/C16H28N2O/c1-6-14(17)15(18(5)11-16(3,4)19)13-9-7-12(2)8-10-13/h7-10,14-15,19H,6,11,17H2,1-5H3. The summed E-state index contributed by atoms with van der Waals surface area (Å²) < 4.78 is 0. The number of benzene rings is 1. The first kappa shape index (κ1) is 16.2. The second kappa shape index (κ2) is 6.51. The van der Waals surface area contributed by atoms with E-state index in [-0.39, 0.29) is 12.1 Å². The first-order chi connectivity index (χ1) is 8.74. The van der Waals surface area contributed by atoms with Crippen molar-refractivity contribution in [1.82, 2.24) is 4.90 Å². The summed E-state index contributed by atoms with van der Waals surface area (Å²) in [5.74, 6) is 0. The van der Waals surface area contributed by atoms with Gasteiger partial charge in [0.05, 0.1) is 5.60 Å². The van der Waals surface area contributed by atoms with Crippen molar-refractivity contribution in [3.8, 4) is 0 Å². The zero-order valence-electron chi connectivity index (χ0n) is 12.9. The molecule has 0 saturated carbocycles. The van der Waals surface area contributed by atoms with Gasteiger partial charge in [-0.05, 0) is 39.8 Å². The van der Waals surface area contributed by atoms with Crippen LogP contribution in [0.1, 0.15) is 44.4 Å². The number of aryl methyl sites for hydroxylation is 1. The molecule has 0 aliphatic heterocycles. The van der Waals surface area contributed by atoms with Gasteiger partial charge >= 0.3 is 0 Å². The molecule has 3 nitrogen and oxygen atoms in total. The van der Waals surface area contributed by atoms with Gasteiger partial charge in [0.2, 0.25) is 0 Å². The van der Waals surface area contributed by atoms with Crippen LogP contribution in [0.25, 0.3) is 0 Å². The highest BCUT2D eigenvalue weighted by Gasteiger charge is 2.26. The molecule has 19 heavy (non-hydrogen) atoms. The molecule has 3 N–H and O–H groups in total. The Bertz CT molecular complexity index is 381. The maximum Gasteiger partial charge on any atom is 0.0718 e. The predicted octanol–water partition coefficient (Wildman–Crippen LogP) is 2.48. The Labute approximate surface area is 117 Å². The lowest BCUT2D eigenvalue weighted by molar-refractivity contribution is 0.0266. The molecule has 0 heterocycles. The number of aliphatic hydroxyl groups is 1. The van der Waals surface area contributed by atoms with Crippen molar-refractivity contribution in [2.24, 2.45) is 5.73 Å². The molecule has 0 bridgehead atoms. The number of hydrogen-bond donors (Lipinski definition) is 2. The molecule has 108 valence electrons. The predicted molar refractivity (Wildman–Crippen MR) is 81.1 cm³/mol. The average molecular weight is 264 g/mol. The Morgan fingerprint density at radius 2 is 1.79 bits per heavy atom. The zero-order valence-corrected chi connectivity index (χ0v) is 12.9. The number of hydrogen-bond acceptors (Lipinski definition) is 3. The van der Waals surface area contributed by atoms with E-state index in [1.165, 1.54) is 11.1 Å². The highest BCUT2D eigenvalue weighted by atomic mass is 16.3.